The van der Waals surface area contributed by atoms with Gasteiger partial charge in [-0.1, -0.05) is 6.07 Å². The molecule has 0 aliphatic carbocycles. The second kappa shape index (κ2) is 7.57. The Balaban J connectivity index is 1.67. The molecular formula is C15H18O5. The van der Waals surface area contributed by atoms with Crippen LogP contribution in [0.3, 0.4) is 0 Å². The van der Waals surface area contributed by atoms with E-state index in [9.17, 15) is 5.11 Å². The zero-order valence-electron chi connectivity index (χ0n) is 11.3. The van der Waals surface area contributed by atoms with Crippen LogP contribution >= 0.6 is 0 Å². The maximum atomic E-state index is 9.75. The molecule has 20 heavy (non-hydrogen) atoms. The van der Waals surface area contributed by atoms with Crippen LogP contribution in [0.4, 0.5) is 0 Å². The molecule has 1 heterocycles. The molecule has 0 radical (unpaired) electrons. The lowest BCUT2D eigenvalue weighted by Crippen LogP contribution is -2.23. The van der Waals surface area contributed by atoms with Gasteiger partial charge in [0.25, 0.3) is 0 Å². The molecular weight excluding hydrogens is 260 g/mol. The molecule has 0 saturated heterocycles. The Kier molecular flexibility index (Phi) is 5.46. The number of hydrogen-bond donors (Lipinski definition) is 1. The Morgan fingerprint density at radius 1 is 1.15 bits per heavy atom. The van der Waals surface area contributed by atoms with Crippen molar-refractivity contribution in [2.75, 3.05) is 20.3 Å². The van der Waals surface area contributed by atoms with Crippen LogP contribution in [0.15, 0.2) is 47.1 Å². The number of aliphatic hydroxyl groups is 1. The van der Waals surface area contributed by atoms with Crippen LogP contribution in [0.5, 0.6) is 11.5 Å². The molecule has 0 amide bonds. The van der Waals surface area contributed by atoms with E-state index < -0.39 is 6.10 Å². The standard InChI is InChI=1S/C15H18O5/c1-17-13-4-2-5-14(8-13)20-10-12(16)9-18-11-15-6-3-7-19-15/h2-8,12,16H,9-11H2,1H3. The van der Waals surface area contributed by atoms with Gasteiger partial charge in [-0.3, -0.25) is 0 Å². The molecule has 0 bridgehead atoms. The van der Waals surface area contributed by atoms with E-state index in [4.69, 9.17) is 18.6 Å². The van der Waals surface area contributed by atoms with Crippen LogP contribution in [-0.4, -0.2) is 31.5 Å². The lowest BCUT2D eigenvalue weighted by atomic mass is 10.3. The van der Waals surface area contributed by atoms with Gasteiger partial charge in [-0.2, -0.15) is 0 Å². The van der Waals surface area contributed by atoms with Crippen LogP contribution in [0.1, 0.15) is 5.76 Å². The number of benzene rings is 1. The predicted octanol–water partition coefficient (Wildman–Crippen LogP) is 2.24. The third-order valence-electron chi connectivity index (χ3n) is 2.62. The quantitative estimate of drug-likeness (QED) is 0.802. The third-order valence-corrected chi connectivity index (χ3v) is 2.62. The number of furan rings is 1. The highest BCUT2D eigenvalue weighted by Gasteiger charge is 2.07. The fraction of sp³-hybridized carbons (Fsp3) is 0.333. The van der Waals surface area contributed by atoms with Crippen LogP contribution in [-0.2, 0) is 11.3 Å². The van der Waals surface area contributed by atoms with Crippen molar-refractivity contribution in [2.24, 2.45) is 0 Å². The second-order valence-corrected chi connectivity index (χ2v) is 4.24. The summed E-state index contributed by atoms with van der Waals surface area (Å²) in [5.41, 5.74) is 0. The molecule has 0 aliphatic heterocycles. The van der Waals surface area contributed by atoms with E-state index in [0.29, 0.717) is 18.1 Å². The van der Waals surface area contributed by atoms with Gasteiger partial charge in [-0.05, 0) is 24.3 Å². The van der Waals surface area contributed by atoms with Crippen molar-refractivity contribution in [2.45, 2.75) is 12.7 Å². The molecule has 108 valence electrons. The van der Waals surface area contributed by atoms with Gasteiger partial charge in [0.2, 0.25) is 0 Å². The van der Waals surface area contributed by atoms with Gasteiger partial charge in [-0.25, -0.2) is 0 Å². The predicted molar refractivity (Wildman–Crippen MR) is 72.9 cm³/mol. The Hall–Kier alpha value is -1.98. The highest BCUT2D eigenvalue weighted by Crippen LogP contribution is 2.18. The van der Waals surface area contributed by atoms with E-state index in [1.165, 1.54) is 0 Å². The van der Waals surface area contributed by atoms with E-state index >= 15 is 0 Å². The third kappa shape index (κ3) is 4.60. The van der Waals surface area contributed by atoms with Crippen LogP contribution < -0.4 is 9.47 Å². The minimum absolute atomic E-state index is 0.158. The number of methoxy groups -OCH3 is 1. The number of aliphatic hydroxyl groups excluding tert-OH is 1. The first kappa shape index (κ1) is 14.4. The highest BCUT2D eigenvalue weighted by atomic mass is 16.5. The average Bonchev–Trinajstić information content (AvgIpc) is 2.98. The zero-order chi connectivity index (χ0) is 14.2. The van der Waals surface area contributed by atoms with E-state index in [1.807, 2.05) is 18.2 Å². The lowest BCUT2D eigenvalue weighted by Gasteiger charge is -2.13. The second-order valence-electron chi connectivity index (χ2n) is 4.24. The van der Waals surface area contributed by atoms with E-state index in [2.05, 4.69) is 0 Å². The smallest absolute Gasteiger partial charge is 0.129 e. The minimum Gasteiger partial charge on any atom is -0.497 e. The summed E-state index contributed by atoms with van der Waals surface area (Å²) in [6, 6.07) is 10.8. The molecule has 5 nitrogen and oxygen atoms in total. The summed E-state index contributed by atoms with van der Waals surface area (Å²) in [5, 5.41) is 9.75. The molecule has 0 fully saturated rings. The molecule has 1 aromatic heterocycles. The number of ether oxygens (including phenoxy) is 3. The van der Waals surface area contributed by atoms with Gasteiger partial charge in [0.05, 0.1) is 20.0 Å². The van der Waals surface area contributed by atoms with Gasteiger partial charge in [0.1, 0.15) is 36.6 Å². The summed E-state index contributed by atoms with van der Waals surface area (Å²) in [7, 11) is 1.59. The fourth-order valence-electron chi connectivity index (χ4n) is 1.62. The molecule has 1 unspecified atom stereocenters. The molecule has 0 aliphatic rings. The van der Waals surface area contributed by atoms with E-state index in [1.54, 1.807) is 31.6 Å². The molecule has 2 aromatic rings. The first-order chi connectivity index (χ1) is 9.78. The summed E-state index contributed by atoms with van der Waals surface area (Å²) in [5.74, 6) is 2.09. The van der Waals surface area contributed by atoms with Crippen molar-refractivity contribution >= 4 is 0 Å². The van der Waals surface area contributed by atoms with Gasteiger partial charge in [0.15, 0.2) is 0 Å². The van der Waals surface area contributed by atoms with Crippen molar-refractivity contribution in [3.05, 3.63) is 48.4 Å². The Bertz CT molecular complexity index is 495. The maximum Gasteiger partial charge on any atom is 0.129 e. The largest absolute Gasteiger partial charge is 0.497 e. The zero-order valence-corrected chi connectivity index (χ0v) is 11.3. The average molecular weight is 278 g/mol. The summed E-state index contributed by atoms with van der Waals surface area (Å²) in [6.45, 7) is 0.680. The molecule has 1 atom stereocenters. The van der Waals surface area contributed by atoms with Crippen molar-refractivity contribution in [1.82, 2.24) is 0 Å². The molecule has 1 aromatic carbocycles. The van der Waals surface area contributed by atoms with Crippen molar-refractivity contribution in [3.8, 4) is 11.5 Å². The van der Waals surface area contributed by atoms with Gasteiger partial charge >= 0.3 is 0 Å². The summed E-state index contributed by atoms with van der Waals surface area (Å²) in [4.78, 5) is 0. The van der Waals surface area contributed by atoms with Crippen molar-refractivity contribution in [1.29, 1.82) is 0 Å². The van der Waals surface area contributed by atoms with E-state index in [-0.39, 0.29) is 13.2 Å². The summed E-state index contributed by atoms with van der Waals surface area (Å²) >= 11 is 0. The lowest BCUT2D eigenvalue weighted by molar-refractivity contribution is 0.000850. The Labute approximate surface area is 117 Å². The van der Waals surface area contributed by atoms with Crippen molar-refractivity contribution < 1.29 is 23.7 Å². The Morgan fingerprint density at radius 3 is 2.75 bits per heavy atom. The van der Waals surface area contributed by atoms with E-state index in [0.717, 1.165) is 5.76 Å². The normalized spacial score (nSPS) is 12.1. The highest BCUT2D eigenvalue weighted by molar-refractivity contribution is 5.32. The fourth-order valence-corrected chi connectivity index (χ4v) is 1.62. The topological polar surface area (TPSA) is 61.1 Å². The molecule has 0 spiro atoms. The molecule has 1 N–H and O–H groups in total. The first-order valence-corrected chi connectivity index (χ1v) is 6.33. The van der Waals surface area contributed by atoms with Gasteiger partial charge < -0.3 is 23.7 Å². The van der Waals surface area contributed by atoms with Gasteiger partial charge in [-0.15, -0.1) is 0 Å². The summed E-state index contributed by atoms with van der Waals surface area (Å²) < 4.78 is 21.0. The maximum absolute atomic E-state index is 9.75. The Morgan fingerprint density at radius 2 is 2.00 bits per heavy atom. The molecule has 0 saturated carbocycles. The monoisotopic (exact) mass is 278 g/mol. The number of rotatable bonds is 8. The van der Waals surface area contributed by atoms with Crippen LogP contribution in [0, 0.1) is 0 Å². The van der Waals surface area contributed by atoms with Gasteiger partial charge in [0, 0.05) is 6.07 Å². The van der Waals surface area contributed by atoms with Crippen LogP contribution in [0.25, 0.3) is 0 Å². The summed E-state index contributed by atoms with van der Waals surface area (Å²) in [6.07, 6.45) is 0.886. The minimum atomic E-state index is -0.698. The van der Waals surface area contributed by atoms with Crippen LogP contribution in [0.2, 0.25) is 0 Å². The first-order valence-electron chi connectivity index (χ1n) is 6.33. The molecule has 2 rings (SSSR count). The number of hydrogen-bond acceptors (Lipinski definition) is 5. The molecule has 5 heteroatoms. The van der Waals surface area contributed by atoms with Crippen molar-refractivity contribution in [3.63, 3.8) is 0 Å². The SMILES string of the molecule is COc1cccc(OCC(O)COCc2ccco2)c1.